The Hall–Kier alpha value is -1.84. The third kappa shape index (κ3) is 4.33. The van der Waals surface area contributed by atoms with Gasteiger partial charge in [-0.1, -0.05) is 15.9 Å². The van der Waals surface area contributed by atoms with E-state index in [1.54, 1.807) is 37.3 Å². The van der Waals surface area contributed by atoms with Crippen molar-refractivity contribution in [3.63, 3.8) is 0 Å². The number of carbonyl (C=O) groups excluding carboxylic acids is 1. The first-order valence-electron chi connectivity index (χ1n) is 6.42. The number of halogens is 2. The van der Waals surface area contributed by atoms with Crippen molar-refractivity contribution in [2.45, 2.75) is 13.0 Å². The first kappa shape index (κ1) is 16.5. The molecule has 0 radical (unpaired) electrons. The quantitative estimate of drug-likeness (QED) is 0.787. The van der Waals surface area contributed by atoms with Gasteiger partial charge in [0.15, 0.2) is 6.10 Å². The van der Waals surface area contributed by atoms with Crippen LogP contribution in [0.3, 0.4) is 0 Å². The maximum atomic E-state index is 12.2. The number of benzene rings is 2. The molecule has 0 bridgehead atoms. The van der Waals surface area contributed by atoms with Crippen LogP contribution in [0, 0.1) is 11.3 Å². The predicted octanol–water partition coefficient (Wildman–Crippen LogP) is 4.49. The molecule has 0 saturated carbocycles. The van der Waals surface area contributed by atoms with E-state index in [2.05, 4.69) is 37.2 Å². The number of nitriles is 1. The number of hydrogen-bond donors (Lipinski definition) is 1. The zero-order valence-electron chi connectivity index (χ0n) is 11.6. The van der Waals surface area contributed by atoms with Gasteiger partial charge in [0.1, 0.15) is 5.75 Å². The molecular weight excluding hydrogens is 412 g/mol. The Balaban J connectivity index is 2.01. The highest BCUT2D eigenvalue weighted by Gasteiger charge is 2.16. The largest absolute Gasteiger partial charge is 0.481 e. The van der Waals surface area contributed by atoms with Gasteiger partial charge in [0, 0.05) is 8.95 Å². The zero-order chi connectivity index (χ0) is 16.1. The normalized spacial score (nSPS) is 11.4. The van der Waals surface area contributed by atoms with E-state index < -0.39 is 6.10 Å². The summed E-state index contributed by atoms with van der Waals surface area (Å²) >= 11 is 6.75. The van der Waals surface area contributed by atoms with Crippen molar-refractivity contribution >= 4 is 43.5 Å². The maximum absolute atomic E-state index is 12.2. The Morgan fingerprint density at radius 3 is 2.50 bits per heavy atom. The number of ether oxygens (including phenoxy) is 1. The highest BCUT2D eigenvalue weighted by molar-refractivity contribution is 9.11. The summed E-state index contributed by atoms with van der Waals surface area (Å²) < 4.78 is 7.26. The van der Waals surface area contributed by atoms with E-state index >= 15 is 0 Å². The number of rotatable bonds is 4. The molecule has 0 spiro atoms. The number of hydrogen-bond acceptors (Lipinski definition) is 3. The minimum atomic E-state index is -0.663. The van der Waals surface area contributed by atoms with Crippen LogP contribution < -0.4 is 10.1 Å². The summed E-state index contributed by atoms with van der Waals surface area (Å²) in [4.78, 5) is 12.2. The zero-order valence-corrected chi connectivity index (χ0v) is 14.8. The Bertz CT molecular complexity index is 724. The van der Waals surface area contributed by atoms with Gasteiger partial charge < -0.3 is 10.1 Å². The van der Waals surface area contributed by atoms with Gasteiger partial charge in [-0.3, -0.25) is 4.79 Å². The van der Waals surface area contributed by atoms with Crippen LogP contribution in [0.15, 0.2) is 51.4 Å². The molecule has 2 aromatic rings. The second kappa shape index (κ2) is 7.43. The van der Waals surface area contributed by atoms with Gasteiger partial charge in [0.25, 0.3) is 5.91 Å². The molecule has 1 amide bonds. The van der Waals surface area contributed by atoms with Crippen LogP contribution in [-0.4, -0.2) is 12.0 Å². The second-order valence-corrected chi connectivity index (χ2v) is 6.28. The van der Waals surface area contributed by atoms with E-state index in [1.807, 2.05) is 18.2 Å². The third-order valence-corrected chi connectivity index (χ3v) is 4.00. The van der Waals surface area contributed by atoms with Gasteiger partial charge in [-0.15, -0.1) is 0 Å². The molecule has 6 heteroatoms. The lowest BCUT2D eigenvalue weighted by Crippen LogP contribution is -2.30. The Morgan fingerprint density at radius 1 is 1.23 bits per heavy atom. The summed E-state index contributed by atoms with van der Waals surface area (Å²) in [5.74, 6) is 0.281. The molecule has 2 aromatic carbocycles. The lowest BCUT2D eigenvalue weighted by molar-refractivity contribution is -0.122. The standard InChI is InChI=1S/C16H12Br2N2O2/c1-10(22-13-5-2-11(9-19)3-6-13)16(21)20-15-7-4-12(17)8-14(15)18/h2-8,10H,1H3,(H,20,21). The van der Waals surface area contributed by atoms with Crippen molar-refractivity contribution in [1.29, 1.82) is 5.26 Å². The molecular formula is C16H12Br2N2O2. The van der Waals surface area contributed by atoms with Crippen LogP contribution in [-0.2, 0) is 4.79 Å². The van der Waals surface area contributed by atoms with Gasteiger partial charge in [-0.2, -0.15) is 5.26 Å². The SMILES string of the molecule is CC(Oc1ccc(C#N)cc1)C(=O)Nc1ccc(Br)cc1Br. The molecule has 2 rings (SSSR count). The Kier molecular flexibility index (Phi) is 5.58. The molecule has 0 aliphatic carbocycles. The summed E-state index contributed by atoms with van der Waals surface area (Å²) in [5, 5.41) is 11.5. The van der Waals surface area contributed by atoms with Crippen molar-refractivity contribution in [2.75, 3.05) is 5.32 Å². The Morgan fingerprint density at radius 2 is 1.91 bits per heavy atom. The number of amides is 1. The minimum absolute atomic E-state index is 0.257. The van der Waals surface area contributed by atoms with Gasteiger partial charge in [0.2, 0.25) is 0 Å². The first-order chi connectivity index (χ1) is 10.5. The van der Waals surface area contributed by atoms with E-state index in [-0.39, 0.29) is 5.91 Å². The monoisotopic (exact) mass is 422 g/mol. The van der Waals surface area contributed by atoms with E-state index in [0.29, 0.717) is 17.0 Å². The van der Waals surface area contributed by atoms with E-state index in [1.165, 1.54) is 0 Å². The lowest BCUT2D eigenvalue weighted by atomic mass is 10.2. The van der Waals surface area contributed by atoms with Crippen LogP contribution in [0.2, 0.25) is 0 Å². The smallest absolute Gasteiger partial charge is 0.265 e. The predicted molar refractivity (Wildman–Crippen MR) is 91.7 cm³/mol. The number of anilines is 1. The summed E-state index contributed by atoms with van der Waals surface area (Å²) in [7, 11) is 0. The topological polar surface area (TPSA) is 62.1 Å². The second-order valence-electron chi connectivity index (χ2n) is 4.51. The first-order valence-corrected chi connectivity index (χ1v) is 8.01. The van der Waals surface area contributed by atoms with E-state index in [0.717, 1.165) is 8.95 Å². The van der Waals surface area contributed by atoms with Crippen molar-refractivity contribution in [3.05, 3.63) is 57.0 Å². The molecule has 112 valence electrons. The molecule has 0 aliphatic heterocycles. The molecule has 0 heterocycles. The molecule has 0 fully saturated rings. The van der Waals surface area contributed by atoms with Crippen LogP contribution in [0.1, 0.15) is 12.5 Å². The molecule has 4 nitrogen and oxygen atoms in total. The van der Waals surface area contributed by atoms with Crippen molar-refractivity contribution in [3.8, 4) is 11.8 Å². The fourth-order valence-electron chi connectivity index (χ4n) is 1.69. The number of nitrogens with one attached hydrogen (secondary N) is 1. The summed E-state index contributed by atoms with van der Waals surface area (Å²) in [6.45, 7) is 1.67. The molecule has 0 aliphatic rings. The highest BCUT2D eigenvalue weighted by Crippen LogP contribution is 2.26. The third-order valence-electron chi connectivity index (χ3n) is 2.85. The maximum Gasteiger partial charge on any atom is 0.265 e. The molecule has 0 saturated heterocycles. The van der Waals surface area contributed by atoms with E-state index in [4.69, 9.17) is 10.00 Å². The fraction of sp³-hybridized carbons (Fsp3) is 0.125. The summed E-state index contributed by atoms with van der Waals surface area (Å²) in [6, 6.07) is 14.1. The van der Waals surface area contributed by atoms with Crippen LogP contribution in [0.25, 0.3) is 0 Å². The number of carbonyl (C=O) groups is 1. The van der Waals surface area contributed by atoms with Crippen molar-refractivity contribution < 1.29 is 9.53 Å². The fourth-order valence-corrected chi connectivity index (χ4v) is 2.84. The van der Waals surface area contributed by atoms with Crippen molar-refractivity contribution in [1.82, 2.24) is 0 Å². The van der Waals surface area contributed by atoms with Gasteiger partial charge >= 0.3 is 0 Å². The Labute approximate surface area is 145 Å². The molecule has 1 unspecified atom stereocenters. The lowest BCUT2D eigenvalue weighted by Gasteiger charge is -2.15. The van der Waals surface area contributed by atoms with Gasteiger partial charge in [-0.25, -0.2) is 0 Å². The summed E-state index contributed by atoms with van der Waals surface area (Å²) in [6.07, 6.45) is -0.663. The molecule has 22 heavy (non-hydrogen) atoms. The van der Waals surface area contributed by atoms with Gasteiger partial charge in [-0.05, 0) is 65.3 Å². The van der Waals surface area contributed by atoms with Gasteiger partial charge in [0.05, 0.1) is 17.3 Å². The average molecular weight is 424 g/mol. The van der Waals surface area contributed by atoms with E-state index in [9.17, 15) is 4.79 Å². The van der Waals surface area contributed by atoms with Crippen LogP contribution in [0.5, 0.6) is 5.75 Å². The minimum Gasteiger partial charge on any atom is -0.481 e. The molecule has 0 aromatic heterocycles. The molecule has 1 atom stereocenters. The van der Waals surface area contributed by atoms with Crippen molar-refractivity contribution in [2.24, 2.45) is 0 Å². The highest BCUT2D eigenvalue weighted by atomic mass is 79.9. The van der Waals surface area contributed by atoms with Crippen LogP contribution in [0.4, 0.5) is 5.69 Å². The van der Waals surface area contributed by atoms with Crippen LogP contribution >= 0.6 is 31.9 Å². The summed E-state index contributed by atoms with van der Waals surface area (Å²) in [5.41, 5.74) is 1.21. The number of nitrogens with zero attached hydrogens (tertiary/aromatic N) is 1. The molecule has 1 N–H and O–H groups in total. The average Bonchev–Trinajstić information content (AvgIpc) is 2.50.